The van der Waals surface area contributed by atoms with Crippen LogP contribution in [0.25, 0.3) is 0 Å². The molecule has 1 aromatic heterocycles. The smallest absolute Gasteiger partial charge is 0.410 e. The molecule has 22 heavy (non-hydrogen) atoms. The molecule has 6 nitrogen and oxygen atoms in total. The Hall–Kier alpha value is -1.69. The number of ether oxygens (including phenoxy) is 2. The van der Waals surface area contributed by atoms with Gasteiger partial charge in [0.05, 0.1) is 13.3 Å². The van der Waals surface area contributed by atoms with Gasteiger partial charge < -0.3 is 19.7 Å². The van der Waals surface area contributed by atoms with Crippen molar-refractivity contribution in [3.63, 3.8) is 0 Å². The number of likely N-dealkylation sites (tertiary alicyclic amines) is 1. The zero-order valence-corrected chi connectivity index (χ0v) is 14.1. The number of methoxy groups -OCH3 is 1. The highest BCUT2D eigenvalue weighted by atomic mass is 35.5. The van der Waals surface area contributed by atoms with E-state index < -0.39 is 5.60 Å². The van der Waals surface area contributed by atoms with Gasteiger partial charge in [-0.2, -0.15) is 0 Å². The topological polar surface area (TPSA) is 63.7 Å². The average Bonchev–Trinajstić information content (AvgIpc) is 2.87. The lowest BCUT2D eigenvalue weighted by atomic mass is 10.2. The van der Waals surface area contributed by atoms with Gasteiger partial charge in [0.15, 0.2) is 0 Å². The quantitative estimate of drug-likeness (QED) is 0.923. The maximum Gasteiger partial charge on any atom is 0.410 e. The first kappa shape index (κ1) is 16.7. The second-order valence-electron chi connectivity index (χ2n) is 6.26. The molecule has 122 valence electrons. The van der Waals surface area contributed by atoms with Crippen LogP contribution in [0.1, 0.15) is 27.2 Å². The van der Waals surface area contributed by atoms with Crippen molar-refractivity contribution in [3.8, 4) is 5.75 Å². The Morgan fingerprint density at radius 3 is 2.86 bits per heavy atom. The number of nitrogens with zero attached hydrogens (tertiary/aromatic N) is 2. The number of nitrogens with one attached hydrogen (secondary N) is 1. The first-order valence-corrected chi connectivity index (χ1v) is 7.60. The van der Waals surface area contributed by atoms with Crippen LogP contribution in [0.4, 0.5) is 10.6 Å². The summed E-state index contributed by atoms with van der Waals surface area (Å²) in [6.45, 7) is 6.83. The monoisotopic (exact) mass is 327 g/mol. The van der Waals surface area contributed by atoms with Crippen LogP contribution >= 0.6 is 11.6 Å². The molecule has 2 rings (SSSR count). The molecule has 1 aliphatic heterocycles. The van der Waals surface area contributed by atoms with Crippen LogP contribution in [-0.2, 0) is 4.74 Å². The summed E-state index contributed by atoms with van der Waals surface area (Å²) in [5.41, 5.74) is -0.478. The van der Waals surface area contributed by atoms with E-state index in [0.29, 0.717) is 29.7 Å². The Morgan fingerprint density at radius 2 is 2.23 bits per heavy atom. The predicted molar refractivity (Wildman–Crippen MR) is 85.6 cm³/mol. The minimum atomic E-state index is -0.478. The summed E-state index contributed by atoms with van der Waals surface area (Å²) in [4.78, 5) is 18.0. The molecule has 2 heterocycles. The standard InChI is InChI=1S/C15H22ClN3O3/c1-15(2,3)22-14(20)19-6-5-10(9-19)18-13-7-12(21-4)11(16)8-17-13/h7-8,10H,5-6,9H2,1-4H3,(H,17,18). The second-order valence-corrected chi connectivity index (χ2v) is 6.67. The van der Waals surface area contributed by atoms with E-state index in [0.717, 1.165) is 6.42 Å². The Morgan fingerprint density at radius 1 is 1.50 bits per heavy atom. The van der Waals surface area contributed by atoms with Gasteiger partial charge >= 0.3 is 6.09 Å². The Bertz CT molecular complexity index is 545. The van der Waals surface area contributed by atoms with Crippen molar-refractivity contribution in [1.29, 1.82) is 0 Å². The van der Waals surface area contributed by atoms with E-state index in [-0.39, 0.29) is 12.1 Å². The molecule has 0 bridgehead atoms. The fourth-order valence-electron chi connectivity index (χ4n) is 2.24. The fraction of sp³-hybridized carbons (Fsp3) is 0.600. The molecule has 1 saturated heterocycles. The highest BCUT2D eigenvalue weighted by Crippen LogP contribution is 2.26. The third kappa shape index (κ3) is 4.40. The summed E-state index contributed by atoms with van der Waals surface area (Å²) in [5.74, 6) is 1.25. The first-order valence-electron chi connectivity index (χ1n) is 7.22. The number of halogens is 1. The molecule has 1 N–H and O–H groups in total. The molecule has 1 atom stereocenters. The van der Waals surface area contributed by atoms with E-state index >= 15 is 0 Å². The molecule has 0 saturated carbocycles. The van der Waals surface area contributed by atoms with Crippen molar-refractivity contribution in [2.75, 3.05) is 25.5 Å². The summed E-state index contributed by atoms with van der Waals surface area (Å²) in [6, 6.07) is 1.88. The van der Waals surface area contributed by atoms with Gasteiger partial charge in [-0.15, -0.1) is 0 Å². The molecule has 1 unspecified atom stereocenters. The molecule has 1 aliphatic rings. The number of aromatic nitrogens is 1. The lowest BCUT2D eigenvalue weighted by molar-refractivity contribution is 0.0293. The second kappa shape index (κ2) is 6.60. The van der Waals surface area contributed by atoms with Crippen LogP contribution in [-0.4, -0.2) is 47.8 Å². The van der Waals surface area contributed by atoms with Crippen LogP contribution in [0.5, 0.6) is 5.75 Å². The lowest BCUT2D eigenvalue weighted by Gasteiger charge is -2.24. The van der Waals surface area contributed by atoms with Gasteiger partial charge in [-0.1, -0.05) is 11.6 Å². The Kier molecular flexibility index (Phi) is 5.01. The van der Waals surface area contributed by atoms with Crippen molar-refractivity contribution in [1.82, 2.24) is 9.88 Å². The summed E-state index contributed by atoms with van der Waals surface area (Å²) < 4.78 is 10.5. The number of hydrogen-bond donors (Lipinski definition) is 1. The third-order valence-corrected chi connectivity index (χ3v) is 3.52. The number of carbonyl (C=O) groups is 1. The fourth-order valence-corrected chi connectivity index (χ4v) is 2.42. The van der Waals surface area contributed by atoms with Crippen molar-refractivity contribution in [2.24, 2.45) is 0 Å². The lowest BCUT2D eigenvalue weighted by Crippen LogP contribution is -2.36. The van der Waals surface area contributed by atoms with Gasteiger partial charge in [-0.25, -0.2) is 9.78 Å². The van der Waals surface area contributed by atoms with Gasteiger partial charge in [0, 0.05) is 25.2 Å². The van der Waals surface area contributed by atoms with E-state index in [9.17, 15) is 4.79 Å². The first-order chi connectivity index (χ1) is 10.3. The summed E-state index contributed by atoms with van der Waals surface area (Å²) >= 11 is 5.95. The van der Waals surface area contributed by atoms with E-state index in [1.54, 1.807) is 24.3 Å². The number of hydrogen-bond acceptors (Lipinski definition) is 5. The molecule has 0 spiro atoms. The molecule has 0 radical (unpaired) electrons. The molecule has 7 heteroatoms. The maximum absolute atomic E-state index is 12.0. The van der Waals surface area contributed by atoms with Gasteiger partial charge in [-0.3, -0.25) is 0 Å². The van der Waals surface area contributed by atoms with E-state index in [2.05, 4.69) is 10.3 Å². The van der Waals surface area contributed by atoms with E-state index in [4.69, 9.17) is 21.1 Å². The number of anilines is 1. The summed E-state index contributed by atoms with van der Waals surface area (Å²) in [6.07, 6.45) is 2.10. The van der Waals surface area contributed by atoms with Crippen molar-refractivity contribution >= 4 is 23.5 Å². The predicted octanol–water partition coefficient (Wildman–Crippen LogP) is 3.16. The van der Waals surface area contributed by atoms with Crippen LogP contribution in [0.15, 0.2) is 12.3 Å². The Labute approximate surface area is 135 Å². The van der Waals surface area contributed by atoms with Crippen LogP contribution in [0, 0.1) is 0 Å². The number of carbonyl (C=O) groups excluding carboxylic acids is 1. The molecule has 1 amide bonds. The van der Waals surface area contributed by atoms with E-state index in [1.165, 1.54) is 0 Å². The average molecular weight is 328 g/mol. The third-order valence-electron chi connectivity index (χ3n) is 3.23. The minimum absolute atomic E-state index is 0.130. The zero-order chi connectivity index (χ0) is 16.3. The zero-order valence-electron chi connectivity index (χ0n) is 13.4. The van der Waals surface area contributed by atoms with E-state index in [1.807, 2.05) is 20.8 Å². The van der Waals surface area contributed by atoms with Gasteiger partial charge in [0.2, 0.25) is 0 Å². The highest BCUT2D eigenvalue weighted by molar-refractivity contribution is 6.31. The summed E-state index contributed by atoms with van der Waals surface area (Å²) in [7, 11) is 1.56. The summed E-state index contributed by atoms with van der Waals surface area (Å²) in [5, 5.41) is 3.76. The van der Waals surface area contributed by atoms with Gasteiger partial charge in [0.1, 0.15) is 22.2 Å². The minimum Gasteiger partial charge on any atom is -0.495 e. The highest BCUT2D eigenvalue weighted by Gasteiger charge is 2.29. The van der Waals surface area contributed by atoms with Gasteiger partial charge in [0.25, 0.3) is 0 Å². The molecular formula is C15H22ClN3O3. The SMILES string of the molecule is COc1cc(NC2CCN(C(=O)OC(C)(C)C)C2)ncc1Cl. The molecule has 1 fully saturated rings. The maximum atomic E-state index is 12.0. The largest absolute Gasteiger partial charge is 0.495 e. The van der Waals surface area contributed by atoms with Crippen molar-refractivity contribution < 1.29 is 14.3 Å². The van der Waals surface area contributed by atoms with Crippen LogP contribution in [0.3, 0.4) is 0 Å². The number of pyridine rings is 1. The van der Waals surface area contributed by atoms with Crippen LogP contribution < -0.4 is 10.1 Å². The normalized spacial score (nSPS) is 18.2. The molecular weight excluding hydrogens is 306 g/mol. The Balaban J connectivity index is 1.92. The van der Waals surface area contributed by atoms with Crippen molar-refractivity contribution in [2.45, 2.75) is 38.8 Å². The molecule has 1 aromatic rings. The van der Waals surface area contributed by atoms with Crippen LogP contribution in [0.2, 0.25) is 5.02 Å². The number of rotatable bonds is 3. The number of amides is 1. The van der Waals surface area contributed by atoms with Gasteiger partial charge in [-0.05, 0) is 27.2 Å². The molecule has 0 aromatic carbocycles. The molecule has 0 aliphatic carbocycles. The van der Waals surface area contributed by atoms with Crippen molar-refractivity contribution in [3.05, 3.63) is 17.3 Å².